The van der Waals surface area contributed by atoms with Crippen LogP contribution in [-0.4, -0.2) is 6.61 Å². The smallest absolute Gasteiger partial charge is 0.123 e. The highest BCUT2D eigenvalue weighted by molar-refractivity contribution is 5.28. The summed E-state index contributed by atoms with van der Waals surface area (Å²) in [5.74, 6) is 0.706. The number of ether oxygens (including phenoxy) is 1. The molecule has 0 radical (unpaired) electrons. The fraction of sp³-hybridized carbons (Fsp3) is 0.333. The highest BCUT2D eigenvalue weighted by Crippen LogP contribution is 2.16. The van der Waals surface area contributed by atoms with Gasteiger partial charge in [0.1, 0.15) is 11.6 Å². The number of nitrogens with one attached hydrogen (secondary N) is 1. The molecule has 2 rings (SSSR count). The van der Waals surface area contributed by atoms with E-state index in [1.165, 1.54) is 17.7 Å². The summed E-state index contributed by atoms with van der Waals surface area (Å²) in [5, 5.41) is 3.44. The molecule has 3 heteroatoms. The molecule has 1 unspecified atom stereocenters. The molecule has 0 aromatic heterocycles. The minimum atomic E-state index is -0.202. The summed E-state index contributed by atoms with van der Waals surface area (Å²) in [4.78, 5) is 0. The third kappa shape index (κ3) is 4.87. The van der Waals surface area contributed by atoms with Gasteiger partial charge in [-0.3, -0.25) is 0 Å². The predicted octanol–water partition coefficient (Wildman–Crippen LogP) is 4.47. The van der Waals surface area contributed by atoms with E-state index in [2.05, 4.69) is 31.3 Å². The number of rotatable bonds is 7. The topological polar surface area (TPSA) is 21.3 Å². The van der Waals surface area contributed by atoms with Crippen molar-refractivity contribution in [3.63, 3.8) is 0 Å². The van der Waals surface area contributed by atoms with E-state index in [9.17, 15) is 4.39 Å². The first-order valence-electron chi connectivity index (χ1n) is 7.39. The van der Waals surface area contributed by atoms with Crippen molar-refractivity contribution in [3.8, 4) is 5.75 Å². The van der Waals surface area contributed by atoms with Gasteiger partial charge in [0, 0.05) is 12.6 Å². The van der Waals surface area contributed by atoms with E-state index in [1.54, 1.807) is 0 Å². The maximum absolute atomic E-state index is 12.9. The lowest BCUT2D eigenvalue weighted by Crippen LogP contribution is -2.18. The quantitative estimate of drug-likeness (QED) is 0.811. The Balaban J connectivity index is 1.91. The van der Waals surface area contributed by atoms with Crippen molar-refractivity contribution in [3.05, 3.63) is 65.5 Å². The molecule has 0 aliphatic rings. The summed E-state index contributed by atoms with van der Waals surface area (Å²) in [7, 11) is 0. The van der Waals surface area contributed by atoms with E-state index in [0.29, 0.717) is 0 Å². The van der Waals surface area contributed by atoms with Crippen LogP contribution in [0.4, 0.5) is 4.39 Å². The average Bonchev–Trinajstić information content (AvgIpc) is 2.52. The lowest BCUT2D eigenvalue weighted by Gasteiger charge is -2.15. The van der Waals surface area contributed by atoms with Crippen molar-refractivity contribution in [2.45, 2.75) is 32.9 Å². The Morgan fingerprint density at radius 2 is 1.90 bits per heavy atom. The van der Waals surface area contributed by atoms with Crippen molar-refractivity contribution >= 4 is 0 Å². The summed E-state index contributed by atoms with van der Waals surface area (Å²) in [5.41, 5.74) is 2.26. The Morgan fingerprint density at radius 1 is 1.14 bits per heavy atom. The molecule has 0 heterocycles. The minimum absolute atomic E-state index is 0.172. The molecule has 2 aromatic rings. The Labute approximate surface area is 126 Å². The summed E-state index contributed by atoms with van der Waals surface area (Å²) in [6.45, 7) is 5.66. The maximum Gasteiger partial charge on any atom is 0.123 e. The number of hydrogen-bond acceptors (Lipinski definition) is 2. The van der Waals surface area contributed by atoms with Crippen molar-refractivity contribution in [1.29, 1.82) is 0 Å². The van der Waals surface area contributed by atoms with E-state index in [0.717, 1.165) is 30.9 Å². The van der Waals surface area contributed by atoms with Crippen molar-refractivity contribution < 1.29 is 9.13 Å². The zero-order valence-electron chi connectivity index (χ0n) is 12.6. The number of benzene rings is 2. The van der Waals surface area contributed by atoms with Crippen LogP contribution in [0.15, 0.2) is 48.5 Å². The highest BCUT2D eigenvalue weighted by atomic mass is 19.1. The fourth-order valence-electron chi connectivity index (χ4n) is 2.11. The van der Waals surface area contributed by atoms with Crippen LogP contribution in [0.1, 0.15) is 37.4 Å². The average molecular weight is 287 g/mol. The predicted molar refractivity (Wildman–Crippen MR) is 83.9 cm³/mol. The summed E-state index contributed by atoms with van der Waals surface area (Å²) < 4.78 is 18.5. The maximum atomic E-state index is 12.9. The van der Waals surface area contributed by atoms with Crippen LogP contribution in [0, 0.1) is 5.82 Å². The van der Waals surface area contributed by atoms with Gasteiger partial charge in [0.05, 0.1) is 6.61 Å². The lowest BCUT2D eigenvalue weighted by molar-refractivity contribution is 0.317. The first-order valence-corrected chi connectivity index (χ1v) is 7.39. The van der Waals surface area contributed by atoms with Gasteiger partial charge in [-0.1, -0.05) is 31.2 Å². The molecule has 112 valence electrons. The van der Waals surface area contributed by atoms with E-state index in [-0.39, 0.29) is 11.9 Å². The van der Waals surface area contributed by atoms with E-state index in [4.69, 9.17) is 4.74 Å². The summed E-state index contributed by atoms with van der Waals surface area (Å²) >= 11 is 0. The molecule has 0 amide bonds. The Hall–Kier alpha value is -1.87. The van der Waals surface area contributed by atoms with Crippen LogP contribution in [0.25, 0.3) is 0 Å². The van der Waals surface area contributed by atoms with Crippen LogP contribution in [0.5, 0.6) is 5.75 Å². The Morgan fingerprint density at radius 3 is 2.62 bits per heavy atom. The van der Waals surface area contributed by atoms with Crippen molar-refractivity contribution in [1.82, 2.24) is 5.32 Å². The fourth-order valence-corrected chi connectivity index (χ4v) is 2.11. The summed E-state index contributed by atoms with van der Waals surface area (Å²) in [6.07, 6.45) is 1.00. The van der Waals surface area contributed by atoms with E-state index >= 15 is 0 Å². The molecule has 0 aliphatic heterocycles. The molecule has 2 aromatic carbocycles. The first-order chi connectivity index (χ1) is 10.2. The molecule has 0 bridgehead atoms. The van der Waals surface area contributed by atoms with Gasteiger partial charge >= 0.3 is 0 Å². The Kier molecular flexibility index (Phi) is 5.76. The first kappa shape index (κ1) is 15.5. The minimum Gasteiger partial charge on any atom is -0.494 e. The normalized spacial score (nSPS) is 12.1. The molecule has 21 heavy (non-hydrogen) atoms. The largest absolute Gasteiger partial charge is 0.494 e. The van der Waals surface area contributed by atoms with Gasteiger partial charge in [0.2, 0.25) is 0 Å². The highest BCUT2D eigenvalue weighted by Gasteiger charge is 2.05. The summed E-state index contributed by atoms with van der Waals surface area (Å²) in [6, 6.07) is 14.9. The van der Waals surface area contributed by atoms with Crippen molar-refractivity contribution in [2.75, 3.05) is 6.61 Å². The Bertz CT molecular complexity index is 553. The van der Waals surface area contributed by atoms with Gasteiger partial charge in [-0.05, 0) is 48.7 Å². The lowest BCUT2D eigenvalue weighted by atomic mass is 10.1. The van der Waals surface area contributed by atoms with Gasteiger partial charge < -0.3 is 10.1 Å². The van der Waals surface area contributed by atoms with Gasteiger partial charge in [-0.2, -0.15) is 0 Å². The SMILES string of the molecule is CCCOc1cccc(CNC(C)c2ccc(F)cc2)c1. The monoisotopic (exact) mass is 287 g/mol. The van der Waals surface area contributed by atoms with Crippen LogP contribution >= 0.6 is 0 Å². The molecule has 0 spiro atoms. The van der Waals surface area contributed by atoms with Crippen molar-refractivity contribution in [2.24, 2.45) is 0 Å². The molecule has 0 saturated carbocycles. The molecule has 0 saturated heterocycles. The molecular weight excluding hydrogens is 265 g/mol. The van der Waals surface area contributed by atoms with Crippen LogP contribution < -0.4 is 10.1 Å². The van der Waals surface area contributed by atoms with Gasteiger partial charge in [-0.25, -0.2) is 4.39 Å². The molecular formula is C18H22FNO. The van der Waals surface area contributed by atoms with Gasteiger partial charge in [0.25, 0.3) is 0 Å². The van der Waals surface area contributed by atoms with Gasteiger partial charge in [-0.15, -0.1) is 0 Å². The molecule has 0 fully saturated rings. The molecule has 1 atom stereocenters. The molecule has 2 nitrogen and oxygen atoms in total. The zero-order chi connectivity index (χ0) is 15.1. The second-order valence-corrected chi connectivity index (χ2v) is 5.15. The standard InChI is InChI=1S/C18H22FNO/c1-3-11-21-18-6-4-5-15(12-18)13-20-14(2)16-7-9-17(19)10-8-16/h4-10,12,14,20H,3,11,13H2,1-2H3. The third-order valence-corrected chi connectivity index (χ3v) is 3.35. The zero-order valence-corrected chi connectivity index (χ0v) is 12.6. The number of hydrogen-bond donors (Lipinski definition) is 1. The third-order valence-electron chi connectivity index (χ3n) is 3.35. The van der Waals surface area contributed by atoms with Crippen LogP contribution in [-0.2, 0) is 6.54 Å². The van der Waals surface area contributed by atoms with E-state index < -0.39 is 0 Å². The molecule has 0 aliphatic carbocycles. The van der Waals surface area contributed by atoms with Crippen LogP contribution in [0.2, 0.25) is 0 Å². The number of halogens is 1. The second-order valence-electron chi connectivity index (χ2n) is 5.15. The second kappa shape index (κ2) is 7.79. The van der Waals surface area contributed by atoms with Gasteiger partial charge in [0.15, 0.2) is 0 Å². The van der Waals surface area contributed by atoms with Crippen LogP contribution in [0.3, 0.4) is 0 Å². The molecule has 1 N–H and O–H groups in total. The van der Waals surface area contributed by atoms with E-state index in [1.807, 2.05) is 24.3 Å².